The Labute approximate surface area is 124 Å². The molecule has 4 heteroatoms. The van der Waals surface area contributed by atoms with Crippen molar-refractivity contribution in [3.8, 4) is 0 Å². The third kappa shape index (κ3) is 2.84. The van der Waals surface area contributed by atoms with Gasteiger partial charge in [0, 0.05) is 11.9 Å². The highest BCUT2D eigenvalue weighted by molar-refractivity contribution is 5.97. The number of nitrogens with zero attached hydrogens (tertiary/aromatic N) is 1. The number of benzene rings is 1. The molecule has 1 aliphatic rings. The Kier molecular flexibility index (Phi) is 3.78. The summed E-state index contributed by atoms with van der Waals surface area (Å²) < 4.78 is 0. The van der Waals surface area contributed by atoms with Gasteiger partial charge in [0.05, 0.1) is 0 Å². The van der Waals surface area contributed by atoms with E-state index >= 15 is 0 Å². The van der Waals surface area contributed by atoms with Crippen LogP contribution in [0.15, 0.2) is 30.3 Å². The van der Waals surface area contributed by atoms with Crippen LogP contribution in [-0.4, -0.2) is 22.6 Å². The summed E-state index contributed by atoms with van der Waals surface area (Å²) in [5.41, 5.74) is 0.0932. The molecule has 1 fully saturated rings. The van der Waals surface area contributed by atoms with Gasteiger partial charge in [-0.25, -0.2) is 9.78 Å². The Balaban J connectivity index is 1.90. The van der Waals surface area contributed by atoms with Gasteiger partial charge in [0.2, 0.25) is 0 Å². The van der Waals surface area contributed by atoms with E-state index in [2.05, 4.69) is 17.2 Å². The van der Waals surface area contributed by atoms with Gasteiger partial charge >= 0.3 is 5.97 Å². The molecule has 0 saturated heterocycles. The van der Waals surface area contributed by atoms with Gasteiger partial charge in [-0.05, 0) is 29.7 Å². The van der Waals surface area contributed by atoms with Crippen molar-refractivity contribution in [3.05, 3.63) is 36.0 Å². The predicted octanol–water partition coefficient (Wildman–Crippen LogP) is 3.78. The Morgan fingerprint density at radius 1 is 1.38 bits per heavy atom. The molecule has 2 unspecified atom stereocenters. The molecule has 4 nitrogen and oxygen atoms in total. The zero-order chi connectivity index (χ0) is 14.8. The van der Waals surface area contributed by atoms with E-state index in [1.54, 1.807) is 6.07 Å². The number of carbonyl (C=O) groups is 1. The molecule has 2 N–H and O–H groups in total. The van der Waals surface area contributed by atoms with Crippen LogP contribution in [0.2, 0.25) is 0 Å². The van der Waals surface area contributed by atoms with E-state index in [1.165, 1.54) is 19.3 Å². The van der Waals surface area contributed by atoms with E-state index < -0.39 is 5.97 Å². The normalized spacial score (nSPS) is 21.6. The first-order valence-electron chi connectivity index (χ1n) is 7.52. The molecular weight excluding hydrogens is 264 g/mol. The summed E-state index contributed by atoms with van der Waals surface area (Å²) in [5.74, 6) is 1.08. The molecule has 110 valence electrons. The van der Waals surface area contributed by atoms with E-state index in [0.717, 1.165) is 23.2 Å². The van der Waals surface area contributed by atoms with Gasteiger partial charge in [-0.15, -0.1) is 0 Å². The average molecular weight is 284 g/mol. The SMILES string of the molecule is CC1CCCC1CNc1nc(C(=O)O)cc2ccccc12. The highest BCUT2D eigenvalue weighted by atomic mass is 16.4. The average Bonchev–Trinajstić information content (AvgIpc) is 2.89. The van der Waals surface area contributed by atoms with Crippen LogP contribution >= 0.6 is 0 Å². The van der Waals surface area contributed by atoms with Crippen LogP contribution in [0.4, 0.5) is 5.82 Å². The lowest BCUT2D eigenvalue weighted by atomic mass is 9.98. The first-order valence-corrected chi connectivity index (χ1v) is 7.52. The van der Waals surface area contributed by atoms with Gasteiger partial charge in [0.15, 0.2) is 5.69 Å². The number of hydrogen-bond acceptors (Lipinski definition) is 3. The van der Waals surface area contributed by atoms with E-state index in [-0.39, 0.29) is 5.69 Å². The molecule has 1 saturated carbocycles. The predicted molar refractivity (Wildman–Crippen MR) is 83.7 cm³/mol. The summed E-state index contributed by atoms with van der Waals surface area (Å²) in [7, 11) is 0. The van der Waals surface area contributed by atoms with Crippen molar-refractivity contribution in [3.63, 3.8) is 0 Å². The number of fused-ring (bicyclic) bond motifs is 1. The molecule has 0 spiro atoms. The van der Waals surface area contributed by atoms with Crippen molar-refractivity contribution >= 4 is 22.6 Å². The van der Waals surface area contributed by atoms with Gasteiger partial charge in [0.1, 0.15) is 5.82 Å². The fourth-order valence-electron chi connectivity index (χ4n) is 3.20. The fourth-order valence-corrected chi connectivity index (χ4v) is 3.20. The number of carboxylic acids is 1. The molecule has 3 rings (SSSR count). The second-order valence-corrected chi connectivity index (χ2v) is 5.93. The standard InChI is InChI=1S/C17H20N2O2/c1-11-5-4-7-13(11)10-18-16-14-8-3-2-6-12(14)9-15(19-16)17(20)21/h2-3,6,8-9,11,13H,4-5,7,10H2,1H3,(H,18,19)(H,20,21). The lowest BCUT2D eigenvalue weighted by Crippen LogP contribution is -2.17. The van der Waals surface area contributed by atoms with Crippen molar-refractivity contribution in [1.29, 1.82) is 0 Å². The minimum Gasteiger partial charge on any atom is -0.477 e. The number of anilines is 1. The molecule has 1 heterocycles. The van der Waals surface area contributed by atoms with Crippen molar-refractivity contribution in [2.45, 2.75) is 26.2 Å². The van der Waals surface area contributed by atoms with Crippen LogP contribution in [0.25, 0.3) is 10.8 Å². The maximum absolute atomic E-state index is 11.2. The molecule has 21 heavy (non-hydrogen) atoms. The lowest BCUT2D eigenvalue weighted by Gasteiger charge is -2.17. The second-order valence-electron chi connectivity index (χ2n) is 5.93. The largest absolute Gasteiger partial charge is 0.477 e. The highest BCUT2D eigenvalue weighted by Crippen LogP contribution is 2.32. The molecule has 0 radical (unpaired) electrons. The Morgan fingerprint density at radius 3 is 2.90 bits per heavy atom. The highest BCUT2D eigenvalue weighted by Gasteiger charge is 2.23. The van der Waals surface area contributed by atoms with E-state index in [0.29, 0.717) is 11.7 Å². The van der Waals surface area contributed by atoms with Crippen molar-refractivity contribution in [2.24, 2.45) is 11.8 Å². The number of nitrogens with one attached hydrogen (secondary N) is 1. The minimum atomic E-state index is -0.988. The number of hydrogen-bond donors (Lipinski definition) is 2. The van der Waals surface area contributed by atoms with Crippen LogP contribution in [0, 0.1) is 11.8 Å². The number of pyridine rings is 1. The Hall–Kier alpha value is -2.10. The maximum Gasteiger partial charge on any atom is 0.354 e. The molecular formula is C17H20N2O2. The second kappa shape index (κ2) is 5.72. The molecule has 0 amide bonds. The van der Waals surface area contributed by atoms with E-state index in [1.807, 2.05) is 24.3 Å². The van der Waals surface area contributed by atoms with Crippen LogP contribution in [0.1, 0.15) is 36.7 Å². The molecule has 1 aliphatic carbocycles. The number of aromatic nitrogens is 1. The third-order valence-corrected chi connectivity index (χ3v) is 4.53. The van der Waals surface area contributed by atoms with E-state index in [4.69, 9.17) is 0 Å². The molecule has 1 aromatic carbocycles. The first-order chi connectivity index (χ1) is 10.1. The molecule has 2 atom stereocenters. The zero-order valence-electron chi connectivity index (χ0n) is 12.2. The van der Waals surface area contributed by atoms with Crippen LogP contribution in [0.5, 0.6) is 0 Å². The Bertz CT molecular complexity index is 669. The fraction of sp³-hybridized carbons (Fsp3) is 0.412. The Morgan fingerprint density at radius 2 is 2.19 bits per heavy atom. The molecule has 2 aromatic rings. The van der Waals surface area contributed by atoms with Crippen molar-refractivity contribution in [2.75, 3.05) is 11.9 Å². The van der Waals surface area contributed by atoms with Crippen LogP contribution in [-0.2, 0) is 0 Å². The summed E-state index contributed by atoms with van der Waals surface area (Å²) in [6.45, 7) is 3.15. The van der Waals surface area contributed by atoms with Gasteiger partial charge in [-0.3, -0.25) is 0 Å². The molecule has 0 bridgehead atoms. The summed E-state index contributed by atoms with van der Waals surface area (Å²) in [5, 5.41) is 14.5. The van der Waals surface area contributed by atoms with Crippen molar-refractivity contribution in [1.82, 2.24) is 4.98 Å². The summed E-state index contributed by atoms with van der Waals surface area (Å²) in [4.78, 5) is 15.5. The topological polar surface area (TPSA) is 62.2 Å². The number of aromatic carboxylic acids is 1. The van der Waals surface area contributed by atoms with Gasteiger partial charge < -0.3 is 10.4 Å². The van der Waals surface area contributed by atoms with Gasteiger partial charge in [-0.2, -0.15) is 0 Å². The zero-order valence-corrected chi connectivity index (χ0v) is 12.2. The smallest absolute Gasteiger partial charge is 0.354 e. The molecule has 0 aliphatic heterocycles. The summed E-state index contributed by atoms with van der Waals surface area (Å²) in [6, 6.07) is 9.40. The molecule has 1 aromatic heterocycles. The van der Waals surface area contributed by atoms with Crippen molar-refractivity contribution < 1.29 is 9.90 Å². The number of carboxylic acid groups (broad SMARTS) is 1. The van der Waals surface area contributed by atoms with Gasteiger partial charge in [-0.1, -0.05) is 44.0 Å². The quantitative estimate of drug-likeness (QED) is 0.897. The third-order valence-electron chi connectivity index (χ3n) is 4.53. The minimum absolute atomic E-state index is 0.0932. The van der Waals surface area contributed by atoms with E-state index in [9.17, 15) is 9.90 Å². The monoisotopic (exact) mass is 284 g/mol. The maximum atomic E-state index is 11.2. The van der Waals surface area contributed by atoms with Gasteiger partial charge in [0.25, 0.3) is 0 Å². The van der Waals surface area contributed by atoms with Crippen LogP contribution in [0.3, 0.4) is 0 Å². The summed E-state index contributed by atoms with van der Waals surface area (Å²) in [6.07, 6.45) is 3.82. The lowest BCUT2D eigenvalue weighted by molar-refractivity contribution is 0.0691. The summed E-state index contributed by atoms with van der Waals surface area (Å²) >= 11 is 0. The first kappa shape index (κ1) is 13.9. The van der Waals surface area contributed by atoms with Crippen LogP contribution < -0.4 is 5.32 Å². The number of rotatable bonds is 4.